The van der Waals surface area contributed by atoms with E-state index < -0.39 is 0 Å². The fourth-order valence-electron chi connectivity index (χ4n) is 1.83. The van der Waals surface area contributed by atoms with Gasteiger partial charge in [0.1, 0.15) is 5.01 Å². The van der Waals surface area contributed by atoms with Gasteiger partial charge in [0, 0.05) is 21.5 Å². The van der Waals surface area contributed by atoms with Gasteiger partial charge in [-0.25, -0.2) is 4.79 Å². The summed E-state index contributed by atoms with van der Waals surface area (Å²) in [6, 6.07) is 6.47. The molecule has 1 aromatic carbocycles. The molecule has 0 aliphatic heterocycles. The van der Waals surface area contributed by atoms with E-state index in [9.17, 15) is 4.79 Å². The van der Waals surface area contributed by atoms with Crippen LogP contribution in [0, 0.1) is 0 Å². The van der Waals surface area contributed by atoms with Crippen molar-refractivity contribution in [3.05, 3.63) is 34.3 Å². The largest absolute Gasteiger partial charge is 0.325 e. The van der Waals surface area contributed by atoms with Crippen molar-refractivity contribution in [3.8, 4) is 0 Å². The maximum absolute atomic E-state index is 11.9. The van der Waals surface area contributed by atoms with Gasteiger partial charge in [-0.05, 0) is 30.7 Å². The van der Waals surface area contributed by atoms with Crippen LogP contribution in [0.2, 0.25) is 5.02 Å². The van der Waals surface area contributed by atoms with Gasteiger partial charge in [0.15, 0.2) is 0 Å². The topological polar surface area (TPSA) is 66.9 Å². The van der Waals surface area contributed by atoms with Crippen molar-refractivity contribution in [2.24, 2.45) is 0 Å². The molecule has 0 bridgehead atoms. The number of halogens is 2. The molecule has 2 amide bonds. The first kappa shape index (κ1) is 14.6. The van der Waals surface area contributed by atoms with Crippen molar-refractivity contribution in [1.29, 1.82) is 0 Å². The minimum atomic E-state index is -0.372. The molecule has 1 aliphatic carbocycles. The normalized spacial score (nSPS) is 23.7. The molecule has 1 heterocycles. The molecule has 1 aromatic heterocycles. The first-order valence-electron chi connectivity index (χ1n) is 6.29. The summed E-state index contributed by atoms with van der Waals surface area (Å²) in [6.45, 7) is 2.04. The number of aromatic nitrogens is 2. The van der Waals surface area contributed by atoms with Crippen LogP contribution in [0.3, 0.4) is 0 Å². The average Bonchev–Trinajstić information content (AvgIpc) is 2.86. The molecule has 1 aliphatic rings. The monoisotopic (exact) mass is 342 g/mol. The summed E-state index contributed by atoms with van der Waals surface area (Å²) in [5.41, 5.74) is 0.544. The molecular formula is C13H12Cl2N4OS. The lowest BCUT2D eigenvalue weighted by molar-refractivity contribution is 0.262. The third kappa shape index (κ3) is 3.12. The predicted octanol–water partition coefficient (Wildman–Crippen LogP) is 4.10. The Morgan fingerprint density at radius 3 is 2.62 bits per heavy atom. The standard InChI is InChI=1S/C13H12Cl2N4OS/c1-13(6-9(13)15)10-18-19-12(21-10)17-11(20)16-8-4-2-7(14)3-5-8/h2-5,9H,6H2,1H3,(H2,16,17,19,20). The van der Waals surface area contributed by atoms with E-state index in [0.717, 1.165) is 11.4 Å². The second-order valence-corrected chi connectivity index (χ2v) is 7.03. The smallest absolute Gasteiger partial charge is 0.308 e. The Kier molecular flexibility index (Phi) is 3.77. The number of carbonyl (C=O) groups is 1. The van der Waals surface area contributed by atoms with E-state index in [1.807, 2.05) is 6.92 Å². The number of rotatable bonds is 3. The van der Waals surface area contributed by atoms with Crippen LogP contribution in [0.4, 0.5) is 15.6 Å². The minimum Gasteiger partial charge on any atom is -0.308 e. The van der Waals surface area contributed by atoms with E-state index in [1.165, 1.54) is 11.3 Å². The van der Waals surface area contributed by atoms with Crippen molar-refractivity contribution in [3.63, 3.8) is 0 Å². The van der Waals surface area contributed by atoms with Gasteiger partial charge >= 0.3 is 6.03 Å². The van der Waals surface area contributed by atoms with Crippen LogP contribution in [-0.2, 0) is 5.41 Å². The maximum atomic E-state index is 11.9. The number of urea groups is 1. The average molecular weight is 343 g/mol. The lowest BCUT2D eigenvalue weighted by Crippen LogP contribution is -2.19. The number of alkyl halides is 1. The molecule has 21 heavy (non-hydrogen) atoms. The summed E-state index contributed by atoms with van der Waals surface area (Å²) >= 11 is 13.2. The molecule has 2 atom stereocenters. The van der Waals surface area contributed by atoms with E-state index in [1.54, 1.807) is 24.3 Å². The molecule has 2 N–H and O–H groups in total. The minimum absolute atomic E-state index is 0.0983. The van der Waals surface area contributed by atoms with Gasteiger partial charge in [-0.1, -0.05) is 29.9 Å². The lowest BCUT2D eigenvalue weighted by atomic mass is 10.2. The Hall–Kier alpha value is -1.37. The van der Waals surface area contributed by atoms with E-state index in [4.69, 9.17) is 23.2 Å². The van der Waals surface area contributed by atoms with Crippen LogP contribution >= 0.6 is 34.5 Å². The summed E-state index contributed by atoms with van der Waals surface area (Å²) in [7, 11) is 0. The van der Waals surface area contributed by atoms with Gasteiger partial charge in [-0.15, -0.1) is 21.8 Å². The Morgan fingerprint density at radius 2 is 2.00 bits per heavy atom. The zero-order valence-electron chi connectivity index (χ0n) is 11.1. The summed E-state index contributed by atoms with van der Waals surface area (Å²) in [5.74, 6) is 0. The second kappa shape index (κ2) is 5.44. The van der Waals surface area contributed by atoms with Gasteiger partial charge in [-0.3, -0.25) is 5.32 Å². The molecule has 0 spiro atoms. The van der Waals surface area contributed by atoms with Gasteiger partial charge in [-0.2, -0.15) is 0 Å². The van der Waals surface area contributed by atoms with Crippen LogP contribution in [-0.4, -0.2) is 21.6 Å². The van der Waals surface area contributed by atoms with Crippen molar-refractivity contribution >= 4 is 51.4 Å². The van der Waals surface area contributed by atoms with Crippen LogP contribution < -0.4 is 10.6 Å². The Labute approximate surface area is 135 Å². The van der Waals surface area contributed by atoms with Crippen LogP contribution in [0.1, 0.15) is 18.4 Å². The quantitative estimate of drug-likeness (QED) is 0.825. The number of carbonyl (C=O) groups excluding carboxylic acids is 1. The fraction of sp³-hybridized carbons (Fsp3) is 0.308. The molecule has 2 aromatic rings. The zero-order valence-corrected chi connectivity index (χ0v) is 13.4. The predicted molar refractivity (Wildman–Crippen MR) is 85.6 cm³/mol. The lowest BCUT2D eigenvalue weighted by Gasteiger charge is -2.05. The Morgan fingerprint density at radius 1 is 1.33 bits per heavy atom. The van der Waals surface area contributed by atoms with E-state index in [0.29, 0.717) is 15.8 Å². The van der Waals surface area contributed by atoms with Crippen molar-refractivity contribution in [2.75, 3.05) is 10.6 Å². The van der Waals surface area contributed by atoms with Crippen molar-refractivity contribution in [2.45, 2.75) is 24.1 Å². The van der Waals surface area contributed by atoms with Gasteiger partial charge in [0.2, 0.25) is 5.13 Å². The molecule has 3 rings (SSSR count). The van der Waals surface area contributed by atoms with Crippen LogP contribution in [0.15, 0.2) is 24.3 Å². The third-order valence-corrected chi connectivity index (χ3v) is 5.38. The molecule has 8 heteroatoms. The van der Waals surface area contributed by atoms with Crippen molar-refractivity contribution < 1.29 is 4.79 Å². The highest BCUT2D eigenvalue weighted by Crippen LogP contribution is 2.52. The molecule has 1 saturated carbocycles. The summed E-state index contributed by atoms with van der Waals surface area (Å²) in [6.07, 6.45) is 0.889. The van der Waals surface area contributed by atoms with E-state index in [2.05, 4.69) is 20.8 Å². The Bertz CT molecular complexity index is 675. The number of benzene rings is 1. The van der Waals surface area contributed by atoms with Gasteiger partial charge < -0.3 is 5.32 Å². The van der Waals surface area contributed by atoms with Crippen LogP contribution in [0.5, 0.6) is 0 Å². The fourth-order valence-corrected chi connectivity index (χ4v) is 3.40. The van der Waals surface area contributed by atoms with Gasteiger partial charge in [0.05, 0.1) is 0 Å². The molecule has 2 unspecified atom stereocenters. The van der Waals surface area contributed by atoms with E-state index >= 15 is 0 Å². The number of anilines is 2. The molecule has 110 valence electrons. The SMILES string of the molecule is CC1(c2nnc(NC(=O)Nc3ccc(Cl)cc3)s2)CC1Cl. The molecule has 0 radical (unpaired) electrons. The molecule has 0 saturated heterocycles. The summed E-state index contributed by atoms with van der Waals surface area (Å²) in [5, 5.41) is 15.4. The highest BCUT2D eigenvalue weighted by atomic mass is 35.5. The van der Waals surface area contributed by atoms with Crippen molar-refractivity contribution in [1.82, 2.24) is 10.2 Å². The maximum Gasteiger partial charge on any atom is 0.325 e. The second-order valence-electron chi connectivity index (χ2n) is 5.09. The number of hydrogen-bond donors (Lipinski definition) is 2. The summed E-state index contributed by atoms with van der Waals surface area (Å²) < 4.78 is 0. The molecule has 1 fully saturated rings. The highest BCUT2D eigenvalue weighted by Gasteiger charge is 2.53. The Balaban J connectivity index is 1.61. The number of hydrogen-bond acceptors (Lipinski definition) is 4. The first-order valence-corrected chi connectivity index (χ1v) is 7.92. The van der Waals surface area contributed by atoms with Crippen LogP contribution in [0.25, 0.3) is 0 Å². The molecular weight excluding hydrogens is 331 g/mol. The molecule has 5 nitrogen and oxygen atoms in total. The number of nitrogens with one attached hydrogen (secondary N) is 2. The zero-order chi connectivity index (χ0) is 15.0. The number of nitrogens with zero attached hydrogens (tertiary/aromatic N) is 2. The third-order valence-electron chi connectivity index (χ3n) is 3.37. The first-order chi connectivity index (χ1) is 9.97. The van der Waals surface area contributed by atoms with Gasteiger partial charge in [0.25, 0.3) is 0 Å². The number of amides is 2. The van der Waals surface area contributed by atoms with E-state index in [-0.39, 0.29) is 16.8 Å². The summed E-state index contributed by atoms with van der Waals surface area (Å²) in [4.78, 5) is 11.9. The highest BCUT2D eigenvalue weighted by molar-refractivity contribution is 7.15.